The fourth-order valence-corrected chi connectivity index (χ4v) is 0. The maximum Gasteiger partial charge on any atom is 0.261 e. The molecule has 0 aromatic heterocycles. The molecule has 14 heavy (non-hydrogen) atoms. The van der Waals surface area contributed by atoms with Gasteiger partial charge in [0.05, 0.1) is 12.5 Å². The van der Waals surface area contributed by atoms with Crippen LogP contribution in [0.1, 0.15) is 0 Å². The topological polar surface area (TPSA) is 235 Å². The van der Waals surface area contributed by atoms with Gasteiger partial charge in [-0.15, -0.1) is 0 Å². The number of hydrogen-bond donors (Lipinski definition) is 2. The average molecular weight is 264 g/mol. The molecular weight excluding hydrogens is 248 g/mol. The number of hydrogen-bond acceptors (Lipinski definition) is 4. The normalized spacial score (nSPS) is 8.29. The summed E-state index contributed by atoms with van der Waals surface area (Å²) in [6.07, 6.45) is 1.43. The molecule has 0 fully saturated rings. The van der Waals surface area contributed by atoms with E-state index in [2.05, 4.69) is 0 Å². The molecule has 0 saturated carbocycles. The van der Waals surface area contributed by atoms with E-state index in [1.807, 2.05) is 0 Å². The van der Waals surface area contributed by atoms with Crippen LogP contribution in [0.3, 0.4) is 0 Å². The zero-order valence-electron chi connectivity index (χ0n) is 7.34. The molecule has 0 aliphatic rings. The fraction of sp³-hybridized carbons (Fsp3) is 1.00. The second-order valence-electron chi connectivity index (χ2n) is 1.47. The minimum atomic E-state index is -3.67. The first-order valence-electron chi connectivity index (χ1n) is 1.85. The van der Waals surface area contributed by atoms with Crippen molar-refractivity contribution in [3.63, 3.8) is 0 Å². The van der Waals surface area contributed by atoms with E-state index >= 15 is 0 Å². The Bertz CT molecular complexity index is 212. The van der Waals surface area contributed by atoms with Crippen LogP contribution in [0.25, 0.3) is 0 Å². The summed E-state index contributed by atoms with van der Waals surface area (Å²) < 4.78 is 51.7. The molecule has 0 unspecified atom stereocenters. The SMILES string of the molecule is CS(=O)(=O)O.CS(=O)(=O)O.O.O.O.O. The van der Waals surface area contributed by atoms with Crippen molar-refractivity contribution in [2.24, 2.45) is 0 Å². The maximum absolute atomic E-state index is 9.19. The Kier molecular flexibility index (Phi) is 33.7. The van der Waals surface area contributed by atoms with E-state index in [1.54, 1.807) is 0 Å². The fourth-order valence-electron chi connectivity index (χ4n) is 0. The summed E-state index contributed by atoms with van der Waals surface area (Å²) in [5, 5.41) is 0. The molecule has 96 valence electrons. The Labute approximate surface area is 81.3 Å². The second-order valence-corrected chi connectivity index (χ2v) is 4.40. The van der Waals surface area contributed by atoms with Crippen molar-refractivity contribution in [2.75, 3.05) is 12.5 Å². The van der Waals surface area contributed by atoms with Gasteiger partial charge in [-0.25, -0.2) is 0 Å². The number of rotatable bonds is 0. The highest BCUT2D eigenvalue weighted by atomic mass is 32.2. The molecule has 12 heteroatoms. The lowest BCUT2D eigenvalue weighted by atomic mass is 12.0. The molecule has 0 saturated heterocycles. The monoisotopic (exact) mass is 264 g/mol. The maximum atomic E-state index is 9.19. The van der Waals surface area contributed by atoms with Crippen LogP contribution in [0.15, 0.2) is 0 Å². The van der Waals surface area contributed by atoms with Gasteiger partial charge in [0.25, 0.3) is 20.2 Å². The van der Waals surface area contributed by atoms with Gasteiger partial charge in [0.1, 0.15) is 0 Å². The van der Waals surface area contributed by atoms with Gasteiger partial charge in [0.15, 0.2) is 0 Å². The van der Waals surface area contributed by atoms with Gasteiger partial charge in [-0.3, -0.25) is 9.11 Å². The predicted molar refractivity (Wildman–Crippen MR) is 49.4 cm³/mol. The molecule has 0 amide bonds. The molecule has 0 radical (unpaired) electrons. The van der Waals surface area contributed by atoms with E-state index in [0.29, 0.717) is 12.5 Å². The summed E-state index contributed by atoms with van der Waals surface area (Å²) in [5.74, 6) is 0. The smallest absolute Gasteiger partial charge is 0.261 e. The lowest BCUT2D eigenvalue weighted by molar-refractivity contribution is 0.488. The molecule has 0 rings (SSSR count). The molecule has 10 N–H and O–H groups in total. The molecule has 0 aliphatic carbocycles. The zero-order chi connectivity index (χ0) is 9.00. The summed E-state index contributed by atoms with van der Waals surface area (Å²) in [5.41, 5.74) is 0. The summed E-state index contributed by atoms with van der Waals surface area (Å²) in [4.78, 5) is 0. The van der Waals surface area contributed by atoms with Gasteiger partial charge in [-0.1, -0.05) is 0 Å². The van der Waals surface area contributed by atoms with Crippen LogP contribution in [0.4, 0.5) is 0 Å². The molecular formula is C2H16O10S2. The third-order valence-corrected chi connectivity index (χ3v) is 0. The van der Waals surface area contributed by atoms with E-state index in [0.717, 1.165) is 0 Å². The van der Waals surface area contributed by atoms with E-state index in [-0.39, 0.29) is 21.9 Å². The third-order valence-electron chi connectivity index (χ3n) is 0. The first-order chi connectivity index (χ1) is 4.00. The molecule has 0 spiro atoms. The quantitative estimate of drug-likeness (QED) is 0.410. The first kappa shape index (κ1) is 37.3. The van der Waals surface area contributed by atoms with Crippen LogP contribution in [-0.2, 0) is 20.2 Å². The molecule has 0 aromatic carbocycles. The summed E-state index contributed by atoms with van der Waals surface area (Å²) in [6.45, 7) is 0. The van der Waals surface area contributed by atoms with Crippen LogP contribution >= 0.6 is 0 Å². The van der Waals surface area contributed by atoms with Crippen molar-refractivity contribution in [1.82, 2.24) is 0 Å². The Hall–Kier alpha value is -0.340. The molecule has 10 nitrogen and oxygen atoms in total. The average Bonchev–Trinajstić information content (AvgIpc) is 1.12. The van der Waals surface area contributed by atoms with Crippen LogP contribution in [0, 0.1) is 0 Å². The molecule has 0 aliphatic heterocycles. The minimum absolute atomic E-state index is 0. The van der Waals surface area contributed by atoms with Gasteiger partial charge in [-0.2, -0.15) is 16.8 Å². The molecule has 0 atom stereocenters. The van der Waals surface area contributed by atoms with Crippen molar-refractivity contribution >= 4 is 20.2 Å². The van der Waals surface area contributed by atoms with Gasteiger partial charge in [-0.05, 0) is 0 Å². The van der Waals surface area contributed by atoms with Crippen LogP contribution in [0.5, 0.6) is 0 Å². The van der Waals surface area contributed by atoms with Gasteiger partial charge in [0, 0.05) is 0 Å². The summed E-state index contributed by atoms with van der Waals surface area (Å²) >= 11 is 0. The standard InChI is InChI=1S/2CH4O3S.4H2O/c2*1-5(2,3)4;;;;/h2*1H3,(H,2,3,4);4*1H2. The highest BCUT2D eigenvalue weighted by Gasteiger charge is 1.81. The molecule has 0 bridgehead atoms. The van der Waals surface area contributed by atoms with E-state index in [4.69, 9.17) is 9.11 Å². The zero-order valence-corrected chi connectivity index (χ0v) is 8.98. The van der Waals surface area contributed by atoms with E-state index < -0.39 is 20.2 Å². The highest BCUT2D eigenvalue weighted by molar-refractivity contribution is 7.85. The Morgan fingerprint density at radius 2 is 0.643 bits per heavy atom. The highest BCUT2D eigenvalue weighted by Crippen LogP contribution is 1.60. The molecule has 0 aromatic rings. The first-order valence-corrected chi connectivity index (χ1v) is 5.54. The Morgan fingerprint density at radius 3 is 0.643 bits per heavy atom. The van der Waals surface area contributed by atoms with Crippen molar-refractivity contribution in [3.05, 3.63) is 0 Å². The third kappa shape index (κ3) is 11500. The van der Waals surface area contributed by atoms with E-state index in [9.17, 15) is 16.8 Å². The summed E-state index contributed by atoms with van der Waals surface area (Å²) in [6, 6.07) is 0. The van der Waals surface area contributed by atoms with Crippen molar-refractivity contribution in [1.29, 1.82) is 0 Å². The van der Waals surface area contributed by atoms with Crippen molar-refractivity contribution < 1.29 is 47.8 Å². The largest absolute Gasteiger partial charge is 0.412 e. The van der Waals surface area contributed by atoms with Crippen LogP contribution in [-0.4, -0.2) is 60.4 Å². The van der Waals surface area contributed by atoms with Crippen LogP contribution < -0.4 is 0 Å². The Balaban J connectivity index is -0.0000000178. The van der Waals surface area contributed by atoms with Crippen molar-refractivity contribution in [2.45, 2.75) is 0 Å². The van der Waals surface area contributed by atoms with Gasteiger partial charge < -0.3 is 21.9 Å². The Morgan fingerprint density at radius 1 is 0.643 bits per heavy atom. The lowest BCUT2D eigenvalue weighted by Crippen LogP contribution is -1.88. The van der Waals surface area contributed by atoms with Crippen LogP contribution in [0.2, 0.25) is 0 Å². The molecule has 0 heterocycles. The van der Waals surface area contributed by atoms with Gasteiger partial charge >= 0.3 is 0 Å². The second kappa shape index (κ2) is 12.7. The van der Waals surface area contributed by atoms with E-state index in [1.165, 1.54) is 0 Å². The predicted octanol–water partition coefficient (Wildman–Crippen LogP) is -4.29. The van der Waals surface area contributed by atoms with Gasteiger partial charge in [0.2, 0.25) is 0 Å². The van der Waals surface area contributed by atoms with Crippen molar-refractivity contribution in [3.8, 4) is 0 Å². The lowest BCUT2D eigenvalue weighted by Gasteiger charge is -1.69. The summed E-state index contributed by atoms with van der Waals surface area (Å²) in [7, 11) is -7.33. The minimum Gasteiger partial charge on any atom is -0.412 e.